The number of amides is 1. The van der Waals surface area contributed by atoms with Crippen LogP contribution in [0.4, 0.5) is 11.4 Å². The van der Waals surface area contributed by atoms with E-state index in [0.29, 0.717) is 24.3 Å². The Bertz CT molecular complexity index is 876. The average Bonchev–Trinajstić information content (AvgIpc) is 2.60. The maximum atomic E-state index is 12.9. The minimum absolute atomic E-state index is 0.0545. The second kappa shape index (κ2) is 6.88. The molecule has 2 aromatic rings. The number of anilines is 2. The summed E-state index contributed by atoms with van der Waals surface area (Å²) in [4.78, 5) is 14.7. The van der Waals surface area contributed by atoms with Crippen LogP contribution in [0.5, 0.6) is 0 Å². The molecule has 0 N–H and O–H groups in total. The molecule has 3 rings (SSSR count). The lowest BCUT2D eigenvalue weighted by Crippen LogP contribution is -2.35. The van der Waals surface area contributed by atoms with E-state index in [0.717, 1.165) is 18.5 Å². The van der Waals surface area contributed by atoms with E-state index >= 15 is 0 Å². The first-order chi connectivity index (χ1) is 11.9. The molecule has 0 radical (unpaired) electrons. The standard InChI is InChI=1S/C19H22N2O3S/c1-3-21(25(2,23)24)17-12-10-16(11-13-17)19(22)20-14-6-8-15-7-4-5-9-18(15)20/h4-5,7,9-13H,3,6,8,14H2,1-2H3. The third-order valence-electron chi connectivity index (χ3n) is 4.45. The Balaban J connectivity index is 1.87. The minimum atomic E-state index is -3.32. The number of hydrogen-bond acceptors (Lipinski definition) is 3. The summed E-state index contributed by atoms with van der Waals surface area (Å²) in [7, 11) is -3.32. The van der Waals surface area contributed by atoms with Crippen LogP contribution in [0.15, 0.2) is 48.5 Å². The lowest BCUT2D eigenvalue weighted by atomic mass is 10.0. The highest BCUT2D eigenvalue weighted by Crippen LogP contribution is 2.28. The molecular formula is C19H22N2O3S. The van der Waals surface area contributed by atoms with Crippen LogP contribution in [-0.4, -0.2) is 33.7 Å². The fourth-order valence-electron chi connectivity index (χ4n) is 3.28. The number of rotatable bonds is 4. The number of para-hydroxylation sites is 1. The largest absolute Gasteiger partial charge is 0.308 e. The van der Waals surface area contributed by atoms with Crippen LogP contribution in [0.25, 0.3) is 0 Å². The van der Waals surface area contributed by atoms with Crippen molar-refractivity contribution in [3.05, 3.63) is 59.7 Å². The van der Waals surface area contributed by atoms with Crippen molar-refractivity contribution in [2.24, 2.45) is 0 Å². The predicted molar refractivity (Wildman–Crippen MR) is 101 cm³/mol. The van der Waals surface area contributed by atoms with Crippen molar-refractivity contribution in [3.63, 3.8) is 0 Å². The van der Waals surface area contributed by atoms with Crippen molar-refractivity contribution in [2.75, 3.05) is 28.6 Å². The van der Waals surface area contributed by atoms with E-state index in [-0.39, 0.29) is 5.91 Å². The smallest absolute Gasteiger partial charge is 0.258 e. The summed E-state index contributed by atoms with van der Waals surface area (Å²) in [6, 6.07) is 14.7. The number of fused-ring (bicyclic) bond motifs is 1. The van der Waals surface area contributed by atoms with Gasteiger partial charge in [0.1, 0.15) is 0 Å². The molecular weight excluding hydrogens is 336 g/mol. The number of aryl methyl sites for hydroxylation is 1. The van der Waals surface area contributed by atoms with Gasteiger partial charge in [0.15, 0.2) is 0 Å². The lowest BCUT2D eigenvalue weighted by Gasteiger charge is -2.29. The number of sulfonamides is 1. The van der Waals surface area contributed by atoms with Gasteiger partial charge in [-0.3, -0.25) is 9.10 Å². The summed E-state index contributed by atoms with van der Waals surface area (Å²) in [5, 5.41) is 0. The molecule has 1 aliphatic heterocycles. The number of carbonyl (C=O) groups excluding carboxylic acids is 1. The Morgan fingerprint density at radius 2 is 1.80 bits per heavy atom. The van der Waals surface area contributed by atoms with Gasteiger partial charge in [0.2, 0.25) is 10.0 Å². The second-order valence-electron chi connectivity index (χ2n) is 6.16. The molecule has 1 amide bonds. The number of hydrogen-bond donors (Lipinski definition) is 0. The van der Waals surface area contributed by atoms with E-state index in [2.05, 4.69) is 6.07 Å². The van der Waals surface area contributed by atoms with E-state index in [1.54, 1.807) is 31.2 Å². The Labute approximate surface area is 148 Å². The van der Waals surface area contributed by atoms with Gasteiger partial charge in [-0.25, -0.2) is 8.42 Å². The summed E-state index contributed by atoms with van der Waals surface area (Å²) in [5.74, 6) is -0.0545. The van der Waals surface area contributed by atoms with Gasteiger partial charge in [-0.05, 0) is 55.7 Å². The van der Waals surface area contributed by atoms with Gasteiger partial charge in [-0.2, -0.15) is 0 Å². The fourth-order valence-corrected chi connectivity index (χ4v) is 4.25. The van der Waals surface area contributed by atoms with Crippen LogP contribution < -0.4 is 9.21 Å². The predicted octanol–water partition coefficient (Wildman–Crippen LogP) is 3.07. The minimum Gasteiger partial charge on any atom is -0.308 e. The van der Waals surface area contributed by atoms with Crippen LogP contribution in [0.1, 0.15) is 29.3 Å². The van der Waals surface area contributed by atoms with Gasteiger partial charge in [-0.1, -0.05) is 18.2 Å². The first-order valence-corrected chi connectivity index (χ1v) is 10.2. The Morgan fingerprint density at radius 1 is 1.12 bits per heavy atom. The van der Waals surface area contributed by atoms with Crippen molar-refractivity contribution in [3.8, 4) is 0 Å². The van der Waals surface area contributed by atoms with Crippen LogP contribution in [0, 0.1) is 0 Å². The average molecular weight is 358 g/mol. The maximum absolute atomic E-state index is 12.9. The van der Waals surface area contributed by atoms with E-state index in [9.17, 15) is 13.2 Å². The van der Waals surface area contributed by atoms with Gasteiger partial charge < -0.3 is 4.90 Å². The van der Waals surface area contributed by atoms with Crippen LogP contribution in [0.3, 0.4) is 0 Å². The van der Waals surface area contributed by atoms with Crippen molar-refractivity contribution in [1.29, 1.82) is 0 Å². The molecule has 0 saturated carbocycles. The Hall–Kier alpha value is -2.34. The van der Waals surface area contributed by atoms with Crippen LogP contribution >= 0.6 is 0 Å². The topological polar surface area (TPSA) is 57.7 Å². The van der Waals surface area contributed by atoms with Crippen molar-refractivity contribution in [2.45, 2.75) is 19.8 Å². The molecule has 132 valence electrons. The van der Waals surface area contributed by atoms with E-state index in [4.69, 9.17) is 0 Å². The highest BCUT2D eigenvalue weighted by molar-refractivity contribution is 7.92. The molecule has 0 bridgehead atoms. The van der Waals surface area contributed by atoms with Crippen LogP contribution in [0.2, 0.25) is 0 Å². The molecule has 0 fully saturated rings. The van der Waals surface area contributed by atoms with Gasteiger partial charge in [-0.15, -0.1) is 0 Å². The zero-order valence-electron chi connectivity index (χ0n) is 14.5. The van der Waals surface area contributed by atoms with Crippen molar-refractivity contribution in [1.82, 2.24) is 0 Å². The molecule has 0 aliphatic carbocycles. The number of carbonyl (C=O) groups is 1. The van der Waals surface area contributed by atoms with E-state index in [1.807, 2.05) is 23.1 Å². The monoisotopic (exact) mass is 358 g/mol. The number of benzene rings is 2. The SMILES string of the molecule is CCN(c1ccc(C(=O)N2CCCc3ccccc32)cc1)S(C)(=O)=O. The first-order valence-electron chi connectivity index (χ1n) is 8.39. The van der Waals surface area contributed by atoms with Crippen molar-refractivity contribution >= 4 is 27.3 Å². The Kier molecular flexibility index (Phi) is 4.81. The van der Waals surface area contributed by atoms with Crippen LogP contribution in [-0.2, 0) is 16.4 Å². The summed E-state index contributed by atoms with van der Waals surface area (Å²) in [6.07, 6.45) is 3.11. The van der Waals surface area contributed by atoms with Gasteiger partial charge in [0.25, 0.3) is 5.91 Å². The quantitative estimate of drug-likeness (QED) is 0.844. The molecule has 1 aliphatic rings. The summed E-state index contributed by atoms with van der Waals surface area (Å²) >= 11 is 0. The molecule has 0 aromatic heterocycles. The summed E-state index contributed by atoms with van der Waals surface area (Å²) < 4.78 is 25.0. The van der Waals surface area contributed by atoms with E-state index in [1.165, 1.54) is 16.1 Å². The summed E-state index contributed by atoms with van der Waals surface area (Å²) in [6.45, 7) is 2.83. The zero-order chi connectivity index (χ0) is 18.0. The normalized spacial score (nSPS) is 14.1. The lowest BCUT2D eigenvalue weighted by molar-refractivity contribution is 0.0985. The molecule has 0 saturated heterocycles. The van der Waals surface area contributed by atoms with Gasteiger partial charge in [0, 0.05) is 24.3 Å². The van der Waals surface area contributed by atoms with Gasteiger partial charge in [0.05, 0.1) is 11.9 Å². The highest BCUT2D eigenvalue weighted by atomic mass is 32.2. The molecule has 25 heavy (non-hydrogen) atoms. The molecule has 5 nitrogen and oxygen atoms in total. The third-order valence-corrected chi connectivity index (χ3v) is 5.71. The van der Waals surface area contributed by atoms with E-state index < -0.39 is 10.0 Å². The zero-order valence-corrected chi connectivity index (χ0v) is 15.3. The third kappa shape index (κ3) is 3.54. The first kappa shape index (κ1) is 17.5. The fraction of sp³-hybridized carbons (Fsp3) is 0.316. The summed E-state index contributed by atoms with van der Waals surface area (Å²) in [5.41, 5.74) is 3.28. The maximum Gasteiger partial charge on any atom is 0.258 e. The Morgan fingerprint density at radius 3 is 2.44 bits per heavy atom. The van der Waals surface area contributed by atoms with Gasteiger partial charge >= 0.3 is 0 Å². The molecule has 2 aromatic carbocycles. The molecule has 0 atom stereocenters. The molecule has 6 heteroatoms. The van der Waals surface area contributed by atoms with Crippen molar-refractivity contribution < 1.29 is 13.2 Å². The molecule has 0 unspecified atom stereocenters. The molecule has 1 heterocycles. The number of nitrogens with zero attached hydrogens (tertiary/aromatic N) is 2. The molecule has 0 spiro atoms. The highest BCUT2D eigenvalue weighted by Gasteiger charge is 2.23. The second-order valence-corrected chi connectivity index (χ2v) is 8.07.